The lowest BCUT2D eigenvalue weighted by Crippen LogP contribution is -2.29. The van der Waals surface area contributed by atoms with Gasteiger partial charge < -0.3 is 9.47 Å². The average Bonchev–Trinajstić information content (AvgIpc) is 3.39. The molecule has 0 saturated carbocycles. The lowest BCUT2D eigenvalue weighted by molar-refractivity contribution is 0.0790. The van der Waals surface area contributed by atoms with Crippen LogP contribution in [-0.4, -0.2) is 66.6 Å². The number of hydrogen-bond donors (Lipinski definition) is 0. The summed E-state index contributed by atoms with van der Waals surface area (Å²) in [5.41, 5.74) is 1.88. The first-order valence-electron chi connectivity index (χ1n) is 10.5. The molecule has 1 unspecified atom stereocenters. The number of likely N-dealkylation sites (tertiary alicyclic amines) is 1. The fraction of sp³-hybridized carbons (Fsp3) is 0.409. The maximum absolute atomic E-state index is 12.8. The molecule has 5 rings (SSSR count). The summed E-state index contributed by atoms with van der Waals surface area (Å²) in [4.78, 5) is 25.4. The van der Waals surface area contributed by atoms with E-state index in [9.17, 15) is 4.79 Å². The van der Waals surface area contributed by atoms with Gasteiger partial charge in [-0.25, -0.2) is 0 Å². The van der Waals surface area contributed by atoms with Crippen LogP contribution < -0.4 is 0 Å². The zero-order valence-electron chi connectivity index (χ0n) is 16.9. The zero-order valence-corrected chi connectivity index (χ0v) is 16.9. The fourth-order valence-corrected chi connectivity index (χ4v) is 4.43. The highest BCUT2D eigenvalue weighted by atomic mass is 16.2. The predicted molar refractivity (Wildman–Crippen MR) is 111 cm³/mol. The SMILES string of the molecule is O=C(c1cccnc1)N1CCC(c2nnc3n2CCN(Cc2cccnc2)CC3)C1. The highest BCUT2D eigenvalue weighted by molar-refractivity contribution is 5.94. The molecule has 0 radical (unpaired) electrons. The van der Waals surface area contributed by atoms with Gasteiger partial charge in [-0.1, -0.05) is 6.07 Å². The summed E-state index contributed by atoms with van der Waals surface area (Å²) in [5, 5.41) is 9.02. The second-order valence-corrected chi connectivity index (χ2v) is 7.99. The van der Waals surface area contributed by atoms with Crippen LogP contribution in [0.2, 0.25) is 0 Å². The molecule has 0 aromatic carbocycles. The number of hydrogen-bond acceptors (Lipinski definition) is 6. The summed E-state index contributed by atoms with van der Waals surface area (Å²) in [6, 6.07) is 7.73. The van der Waals surface area contributed by atoms with Crippen molar-refractivity contribution in [3.05, 3.63) is 71.8 Å². The number of amides is 1. The molecule has 30 heavy (non-hydrogen) atoms. The molecular formula is C22H25N7O. The topological polar surface area (TPSA) is 80.0 Å². The zero-order chi connectivity index (χ0) is 20.3. The largest absolute Gasteiger partial charge is 0.338 e. The smallest absolute Gasteiger partial charge is 0.255 e. The van der Waals surface area contributed by atoms with E-state index in [1.165, 1.54) is 5.56 Å². The van der Waals surface area contributed by atoms with E-state index in [-0.39, 0.29) is 11.8 Å². The van der Waals surface area contributed by atoms with E-state index in [1.807, 2.05) is 29.4 Å². The number of nitrogens with zero attached hydrogens (tertiary/aromatic N) is 7. The number of rotatable bonds is 4. The van der Waals surface area contributed by atoms with Crippen LogP contribution in [0.15, 0.2) is 49.1 Å². The molecule has 8 nitrogen and oxygen atoms in total. The number of carbonyl (C=O) groups is 1. The third-order valence-electron chi connectivity index (χ3n) is 6.03. The van der Waals surface area contributed by atoms with Gasteiger partial charge in [-0.3, -0.25) is 19.7 Å². The Bertz CT molecular complexity index is 1000. The molecule has 3 aromatic rings. The van der Waals surface area contributed by atoms with Crippen molar-refractivity contribution in [3.63, 3.8) is 0 Å². The minimum Gasteiger partial charge on any atom is -0.338 e. The first kappa shape index (κ1) is 18.9. The second-order valence-electron chi connectivity index (χ2n) is 7.99. The number of pyridine rings is 2. The highest BCUT2D eigenvalue weighted by Gasteiger charge is 2.32. The van der Waals surface area contributed by atoms with E-state index in [2.05, 4.69) is 35.7 Å². The molecule has 1 fully saturated rings. The van der Waals surface area contributed by atoms with Crippen LogP contribution in [0.4, 0.5) is 0 Å². The van der Waals surface area contributed by atoms with Gasteiger partial charge >= 0.3 is 0 Å². The molecule has 5 heterocycles. The van der Waals surface area contributed by atoms with Gasteiger partial charge in [0.25, 0.3) is 5.91 Å². The molecule has 0 bridgehead atoms. The van der Waals surface area contributed by atoms with Crippen molar-refractivity contribution in [3.8, 4) is 0 Å². The van der Waals surface area contributed by atoms with Crippen LogP contribution >= 0.6 is 0 Å². The monoisotopic (exact) mass is 403 g/mol. The molecule has 1 amide bonds. The van der Waals surface area contributed by atoms with Crippen LogP contribution in [0.3, 0.4) is 0 Å². The summed E-state index contributed by atoms with van der Waals surface area (Å²) in [6.07, 6.45) is 8.87. The molecule has 2 aliphatic heterocycles. The molecule has 0 aliphatic carbocycles. The van der Waals surface area contributed by atoms with E-state index in [0.29, 0.717) is 12.1 Å². The van der Waals surface area contributed by atoms with Crippen molar-refractivity contribution >= 4 is 5.91 Å². The summed E-state index contributed by atoms with van der Waals surface area (Å²) < 4.78 is 2.28. The van der Waals surface area contributed by atoms with Crippen LogP contribution in [0.5, 0.6) is 0 Å². The summed E-state index contributed by atoms with van der Waals surface area (Å²) in [7, 11) is 0. The van der Waals surface area contributed by atoms with Crippen molar-refractivity contribution in [2.75, 3.05) is 26.2 Å². The van der Waals surface area contributed by atoms with Crippen molar-refractivity contribution in [2.24, 2.45) is 0 Å². The maximum atomic E-state index is 12.8. The molecule has 154 valence electrons. The van der Waals surface area contributed by atoms with Crippen molar-refractivity contribution < 1.29 is 4.79 Å². The summed E-state index contributed by atoms with van der Waals surface area (Å²) in [6.45, 7) is 5.13. The fourth-order valence-electron chi connectivity index (χ4n) is 4.43. The number of fused-ring (bicyclic) bond motifs is 1. The van der Waals surface area contributed by atoms with Crippen molar-refractivity contribution in [1.82, 2.24) is 34.5 Å². The number of aromatic nitrogens is 5. The Kier molecular flexibility index (Phi) is 5.23. The number of carbonyl (C=O) groups excluding carboxylic acids is 1. The van der Waals surface area contributed by atoms with E-state index in [1.54, 1.807) is 18.5 Å². The molecule has 2 aliphatic rings. The first-order valence-corrected chi connectivity index (χ1v) is 10.5. The van der Waals surface area contributed by atoms with Crippen LogP contribution in [0.25, 0.3) is 0 Å². The van der Waals surface area contributed by atoms with Gasteiger partial charge in [-0.05, 0) is 30.2 Å². The maximum Gasteiger partial charge on any atom is 0.255 e. The highest BCUT2D eigenvalue weighted by Crippen LogP contribution is 2.28. The van der Waals surface area contributed by atoms with Gasteiger partial charge in [0, 0.05) is 76.4 Å². The van der Waals surface area contributed by atoms with Gasteiger partial charge in [-0.2, -0.15) is 0 Å². The molecule has 8 heteroatoms. The minimum absolute atomic E-state index is 0.0452. The van der Waals surface area contributed by atoms with E-state index >= 15 is 0 Å². The molecule has 0 spiro atoms. The Balaban J connectivity index is 1.25. The minimum atomic E-state index is 0.0452. The normalized spacial score (nSPS) is 19.5. The third kappa shape index (κ3) is 3.82. The van der Waals surface area contributed by atoms with E-state index in [0.717, 1.165) is 57.2 Å². The third-order valence-corrected chi connectivity index (χ3v) is 6.03. The van der Waals surface area contributed by atoms with Crippen LogP contribution in [0, 0.1) is 0 Å². The summed E-state index contributed by atoms with van der Waals surface area (Å²) >= 11 is 0. The van der Waals surface area contributed by atoms with Crippen LogP contribution in [0.1, 0.15) is 39.9 Å². The predicted octanol–water partition coefficient (Wildman–Crippen LogP) is 1.76. The molecule has 1 atom stereocenters. The Morgan fingerprint density at radius 2 is 1.87 bits per heavy atom. The van der Waals surface area contributed by atoms with Gasteiger partial charge in [0.2, 0.25) is 0 Å². The molecule has 3 aromatic heterocycles. The molecule has 1 saturated heterocycles. The van der Waals surface area contributed by atoms with Crippen molar-refractivity contribution in [2.45, 2.75) is 31.8 Å². The van der Waals surface area contributed by atoms with E-state index < -0.39 is 0 Å². The lowest BCUT2D eigenvalue weighted by Gasteiger charge is -2.20. The second kappa shape index (κ2) is 8.31. The Hall–Kier alpha value is -3.13. The summed E-state index contributed by atoms with van der Waals surface area (Å²) in [5.74, 6) is 2.35. The standard InChI is InChI=1S/C22H25N7O/c30-22(18-4-2-8-24-14-18)28-10-5-19(16-28)21-26-25-20-6-9-27(11-12-29(20)21)15-17-3-1-7-23-13-17/h1-4,7-8,13-14,19H,5-6,9-12,15-16H2. The van der Waals surface area contributed by atoms with Gasteiger partial charge in [0.15, 0.2) is 0 Å². The first-order chi connectivity index (χ1) is 14.8. The average molecular weight is 403 g/mol. The molecule has 0 N–H and O–H groups in total. The Morgan fingerprint density at radius 3 is 2.67 bits per heavy atom. The Morgan fingerprint density at radius 1 is 1.00 bits per heavy atom. The van der Waals surface area contributed by atoms with Gasteiger partial charge in [0.1, 0.15) is 11.6 Å². The quantitative estimate of drug-likeness (QED) is 0.660. The lowest BCUT2D eigenvalue weighted by atomic mass is 10.1. The molecular weight excluding hydrogens is 378 g/mol. The Labute approximate surface area is 175 Å². The van der Waals surface area contributed by atoms with Gasteiger partial charge in [0.05, 0.1) is 5.56 Å². The van der Waals surface area contributed by atoms with E-state index in [4.69, 9.17) is 0 Å². The van der Waals surface area contributed by atoms with Crippen molar-refractivity contribution in [1.29, 1.82) is 0 Å². The van der Waals surface area contributed by atoms with Crippen LogP contribution in [-0.2, 0) is 19.5 Å². The van der Waals surface area contributed by atoms with Gasteiger partial charge in [-0.15, -0.1) is 10.2 Å².